The normalized spacial score (nSPS) is 11.2. The van der Waals surface area contributed by atoms with Crippen molar-refractivity contribution in [3.8, 4) is 34.1 Å². The lowest BCUT2D eigenvalue weighted by atomic mass is 10.1. The van der Waals surface area contributed by atoms with Gasteiger partial charge >= 0.3 is 0 Å². The molecule has 0 spiro atoms. The van der Waals surface area contributed by atoms with Gasteiger partial charge in [0.1, 0.15) is 34.2 Å². The summed E-state index contributed by atoms with van der Waals surface area (Å²) in [4.78, 5) is 25.3. The summed E-state index contributed by atoms with van der Waals surface area (Å²) in [6.07, 6.45) is 0. The molecule has 0 unspecified atom stereocenters. The first-order valence-corrected chi connectivity index (χ1v) is 9.12. The second kappa shape index (κ2) is 6.63. The van der Waals surface area contributed by atoms with E-state index in [0.717, 1.165) is 0 Å². The largest absolute Gasteiger partial charge is 0.508 e. The van der Waals surface area contributed by atoms with Gasteiger partial charge in [-0.05, 0) is 54.6 Å². The maximum atomic E-state index is 12.6. The van der Waals surface area contributed by atoms with Gasteiger partial charge in [0.2, 0.25) is 0 Å². The zero-order chi connectivity index (χ0) is 20.8. The Morgan fingerprint density at radius 2 is 0.933 bits per heavy atom. The van der Waals surface area contributed by atoms with Crippen LogP contribution in [0.25, 0.3) is 44.6 Å². The number of aromatic hydroxyl groups is 2. The fraction of sp³-hybridized carbons (Fsp3) is 0. The summed E-state index contributed by atoms with van der Waals surface area (Å²) < 4.78 is 11.8. The molecule has 2 heterocycles. The lowest BCUT2D eigenvalue weighted by Gasteiger charge is -2.06. The lowest BCUT2D eigenvalue weighted by Crippen LogP contribution is -2.04. The third kappa shape index (κ3) is 3.00. The molecule has 0 atom stereocenters. The number of fused-ring (bicyclic) bond motifs is 2. The molecule has 2 aromatic heterocycles. The van der Waals surface area contributed by atoms with Crippen molar-refractivity contribution in [2.75, 3.05) is 0 Å². The first-order valence-electron chi connectivity index (χ1n) is 9.12. The van der Waals surface area contributed by atoms with Gasteiger partial charge in [-0.15, -0.1) is 0 Å². The number of phenolic OH excluding ortho intramolecular Hbond substituents is 2. The molecule has 0 bridgehead atoms. The topological polar surface area (TPSA) is 101 Å². The highest BCUT2D eigenvalue weighted by Crippen LogP contribution is 2.28. The minimum atomic E-state index is -0.289. The molecule has 30 heavy (non-hydrogen) atoms. The molecular formula is C24H14O6. The predicted octanol–water partition coefficient (Wildman–Crippen LogP) is 4.64. The van der Waals surface area contributed by atoms with E-state index in [4.69, 9.17) is 8.83 Å². The molecule has 0 aliphatic heterocycles. The van der Waals surface area contributed by atoms with E-state index in [9.17, 15) is 19.8 Å². The van der Waals surface area contributed by atoms with E-state index in [2.05, 4.69) is 0 Å². The first kappa shape index (κ1) is 17.8. The van der Waals surface area contributed by atoms with E-state index in [1.807, 2.05) is 0 Å². The minimum Gasteiger partial charge on any atom is -0.508 e. The maximum Gasteiger partial charge on any atom is 0.193 e. The zero-order valence-electron chi connectivity index (χ0n) is 15.5. The number of hydrogen-bond donors (Lipinski definition) is 2. The van der Waals surface area contributed by atoms with Crippen molar-refractivity contribution < 1.29 is 19.0 Å². The summed E-state index contributed by atoms with van der Waals surface area (Å²) in [5.74, 6) is 0.889. The van der Waals surface area contributed by atoms with E-state index in [0.29, 0.717) is 22.6 Å². The number of benzene rings is 3. The Bertz CT molecular complexity index is 1410. The molecule has 2 N–H and O–H groups in total. The molecule has 0 fully saturated rings. The Morgan fingerprint density at radius 1 is 0.533 bits per heavy atom. The van der Waals surface area contributed by atoms with Crippen molar-refractivity contribution in [1.29, 1.82) is 0 Å². The van der Waals surface area contributed by atoms with Crippen LogP contribution in [-0.2, 0) is 0 Å². The zero-order valence-corrected chi connectivity index (χ0v) is 15.5. The molecule has 5 rings (SSSR count). The molecule has 0 radical (unpaired) electrons. The van der Waals surface area contributed by atoms with Crippen LogP contribution in [0, 0.1) is 0 Å². The average molecular weight is 398 g/mol. The summed E-state index contributed by atoms with van der Waals surface area (Å²) in [5, 5.41) is 19.5. The first-order chi connectivity index (χ1) is 14.5. The SMILES string of the molecule is O=c1cc(-c2ccc(O)cc2)oc2cc3oc(-c4ccc(O)cc4)cc(=O)c3cc12. The van der Waals surface area contributed by atoms with Crippen LogP contribution < -0.4 is 10.9 Å². The van der Waals surface area contributed by atoms with Crippen molar-refractivity contribution >= 4 is 21.9 Å². The molecule has 6 nitrogen and oxygen atoms in total. The Hall–Kier alpha value is -4.32. The quantitative estimate of drug-likeness (QED) is 0.420. The van der Waals surface area contributed by atoms with Gasteiger partial charge in [0.05, 0.1) is 10.8 Å². The van der Waals surface area contributed by atoms with Crippen LogP contribution in [0.4, 0.5) is 0 Å². The standard InChI is InChI=1S/C24H14O6/c25-15-5-1-13(2-6-15)21-10-19(27)17-9-18-20(28)11-22(14-3-7-16(26)8-4-14)30-24(18)12-23(17)29-21/h1-12,25-26H. The predicted molar refractivity (Wildman–Crippen MR) is 113 cm³/mol. The molecule has 5 aromatic rings. The summed E-state index contributed by atoms with van der Waals surface area (Å²) in [6.45, 7) is 0. The van der Waals surface area contributed by atoms with Crippen LogP contribution in [-0.4, -0.2) is 10.2 Å². The van der Waals surface area contributed by atoms with E-state index in [1.165, 1.54) is 48.5 Å². The van der Waals surface area contributed by atoms with Crippen LogP contribution in [0.1, 0.15) is 0 Å². The van der Waals surface area contributed by atoms with Gasteiger partial charge in [0.15, 0.2) is 10.9 Å². The Balaban J connectivity index is 1.73. The number of hydrogen-bond acceptors (Lipinski definition) is 6. The summed E-state index contributed by atoms with van der Waals surface area (Å²) in [5.41, 5.74) is 1.25. The highest BCUT2D eigenvalue weighted by atomic mass is 16.3. The van der Waals surface area contributed by atoms with Crippen LogP contribution >= 0.6 is 0 Å². The van der Waals surface area contributed by atoms with Crippen molar-refractivity contribution in [1.82, 2.24) is 0 Å². The van der Waals surface area contributed by atoms with Gasteiger partial charge in [-0.2, -0.15) is 0 Å². The minimum absolute atomic E-state index is 0.108. The molecule has 0 amide bonds. The second-order valence-corrected chi connectivity index (χ2v) is 6.89. The fourth-order valence-electron chi connectivity index (χ4n) is 3.34. The van der Waals surface area contributed by atoms with Crippen LogP contribution in [0.3, 0.4) is 0 Å². The third-order valence-electron chi connectivity index (χ3n) is 4.88. The highest BCUT2D eigenvalue weighted by molar-refractivity contribution is 5.93. The molecule has 6 heteroatoms. The molecule has 0 aliphatic rings. The molecule has 0 aliphatic carbocycles. The van der Waals surface area contributed by atoms with Gasteiger partial charge in [-0.25, -0.2) is 0 Å². The number of phenols is 2. The average Bonchev–Trinajstić information content (AvgIpc) is 2.73. The molecule has 0 saturated carbocycles. The van der Waals surface area contributed by atoms with Gasteiger partial charge in [-0.1, -0.05) is 0 Å². The van der Waals surface area contributed by atoms with E-state index in [-0.39, 0.29) is 44.3 Å². The Morgan fingerprint density at radius 3 is 1.33 bits per heavy atom. The summed E-state index contributed by atoms with van der Waals surface area (Å²) in [7, 11) is 0. The molecular weight excluding hydrogens is 384 g/mol. The van der Waals surface area contributed by atoms with Gasteiger partial charge in [-0.3, -0.25) is 9.59 Å². The van der Waals surface area contributed by atoms with Crippen LogP contribution in [0.2, 0.25) is 0 Å². The van der Waals surface area contributed by atoms with Gasteiger partial charge in [0.25, 0.3) is 0 Å². The van der Waals surface area contributed by atoms with Gasteiger partial charge in [0, 0.05) is 29.3 Å². The Labute approximate surface area is 168 Å². The van der Waals surface area contributed by atoms with E-state index < -0.39 is 0 Å². The van der Waals surface area contributed by atoms with E-state index in [1.54, 1.807) is 24.3 Å². The number of rotatable bonds is 2. The molecule has 146 valence electrons. The van der Waals surface area contributed by atoms with Crippen molar-refractivity contribution in [2.24, 2.45) is 0 Å². The monoisotopic (exact) mass is 398 g/mol. The summed E-state index contributed by atoms with van der Waals surface area (Å²) in [6, 6.07) is 18.3. The third-order valence-corrected chi connectivity index (χ3v) is 4.88. The van der Waals surface area contributed by atoms with Crippen molar-refractivity contribution in [2.45, 2.75) is 0 Å². The maximum absolute atomic E-state index is 12.6. The fourth-order valence-corrected chi connectivity index (χ4v) is 3.34. The smallest absolute Gasteiger partial charge is 0.193 e. The van der Waals surface area contributed by atoms with Crippen LogP contribution in [0.15, 0.2) is 91.2 Å². The van der Waals surface area contributed by atoms with Crippen LogP contribution in [0.5, 0.6) is 11.5 Å². The van der Waals surface area contributed by atoms with Crippen molar-refractivity contribution in [3.63, 3.8) is 0 Å². The van der Waals surface area contributed by atoms with Crippen molar-refractivity contribution in [3.05, 3.63) is 93.2 Å². The van der Waals surface area contributed by atoms with E-state index >= 15 is 0 Å². The van der Waals surface area contributed by atoms with Gasteiger partial charge < -0.3 is 19.0 Å². The molecule has 0 saturated heterocycles. The Kier molecular flexibility index (Phi) is 3.93. The highest BCUT2D eigenvalue weighted by Gasteiger charge is 2.13. The summed E-state index contributed by atoms with van der Waals surface area (Å²) >= 11 is 0. The lowest BCUT2D eigenvalue weighted by molar-refractivity contribution is 0.475. The second-order valence-electron chi connectivity index (χ2n) is 6.89. The molecule has 3 aromatic carbocycles.